The third-order valence-electron chi connectivity index (χ3n) is 2.85. The van der Waals surface area contributed by atoms with Crippen molar-refractivity contribution in [1.29, 1.82) is 0 Å². The largest absolute Gasteiger partial charge is 0.491 e. The Morgan fingerprint density at radius 2 is 1.89 bits per heavy atom. The quantitative estimate of drug-likeness (QED) is 0.670. The molecule has 1 rings (SSSR count). The second kappa shape index (κ2) is 8.91. The van der Waals surface area contributed by atoms with Crippen LogP contribution in [0.1, 0.15) is 25.3 Å². The van der Waals surface area contributed by atoms with Gasteiger partial charge in [0.1, 0.15) is 18.5 Å². The number of hydrogen-bond donors (Lipinski definition) is 2. The van der Waals surface area contributed by atoms with Crippen molar-refractivity contribution < 1.29 is 14.6 Å². The highest BCUT2D eigenvalue weighted by Gasteiger charge is 2.05. The Bertz CT molecular complexity index is 338. The highest BCUT2D eigenvalue weighted by molar-refractivity contribution is 5.28. The van der Waals surface area contributed by atoms with E-state index in [0.29, 0.717) is 25.7 Å². The van der Waals surface area contributed by atoms with Gasteiger partial charge in [0, 0.05) is 20.2 Å². The van der Waals surface area contributed by atoms with Crippen LogP contribution in [-0.2, 0) is 4.74 Å². The lowest BCUT2D eigenvalue weighted by Crippen LogP contribution is -2.33. The van der Waals surface area contributed by atoms with E-state index in [2.05, 4.69) is 31.3 Å². The lowest BCUT2D eigenvalue weighted by atomic mass is 10.0. The zero-order valence-electron chi connectivity index (χ0n) is 12.1. The monoisotopic (exact) mass is 267 g/mol. The number of ether oxygens (including phenoxy) is 2. The minimum Gasteiger partial charge on any atom is -0.491 e. The van der Waals surface area contributed by atoms with E-state index in [-0.39, 0.29) is 0 Å². The van der Waals surface area contributed by atoms with Gasteiger partial charge in [-0.3, -0.25) is 0 Å². The molecule has 0 bridgehead atoms. The Labute approximate surface area is 115 Å². The van der Waals surface area contributed by atoms with Crippen LogP contribution in [0.25, 0.3) is 0 Å². The molecular weight excluding hydrogens is 242 g/mol. The molecule has 1 aromatic carbocycles. The normalized spacial score (nSPS) is 12.7. The fourth-order valence-corrected chi connectivity index (χ4v) is 1.64. The highest BCUT2D eigenvalue weighted by atomic mass is 16.5. The second-order valence-corrected chi connectivity index (χ2v) is 4.89. The van der Waals surface area contributed by atoms with Crippen LogP contribution in [0, 0.1) is 0 Å². The second-order valence-electron chi connectivity index (χ2n) is 4.89. The molecule has 4 heteroatoms. The summed E-state index contributed by atoms with van der Waals surface area (Å²) in [6, 6.07) is 8.01. The van der Waals surface area contributed by atoms with Crippen molar-refractivity contribution >= 4 is 0 Å². The topological polar surface area (TPSA) is 50.7 Å². The van der Waals surface area contributed by atoms with Gasteiger partial charge in [-0.05, 0) is 23.6 Å². The summed E-state index contributed by atoms with van der Waals surface area (Å²) in [4.78, 5) is 0. The van der Waals surface area contributed by atoms with Gasteiger partial charge in [0.25, 0.3) is 0 Å². The average Bonchev–Trinajstić information content (AvgIpc) is 2.42. The summed E-state index contributed by atoms with van der Waals surface area (Å²) >= 11 is 0. The van der Waals surface area contributed by atoms with Crippen LogP contribution < -0.4 is 10.1 Å². The molecule has 1 atom stereocenters. The zero-order chi connectivity index (χ0) is 14.1. The molecule has 19 heavy (non-hydrogen) atoms. The summed E-state index contributed by atoms with van der Waals surface area (Å²) in [5, 5.41) is 12.8. The molecule has 0 saturated carbocycles. The molecule has 0 spiro atoms. The predicted octanol–water partition coefficient (Wildman–Crippen LogP) is 1.79. The van der Waals surface area contributed by atoms with Crippen molar-refractivity contribution in [2.24, 2.45) is 0 Å². The minimum atomic E-state index is -0.512. The van der Waals surface area contributed by atoms with Gasteiger partial charge in [-0.25, -0.2) is 0 Å². The number of aliphatic hydroxyl groups excluding tert-OH is 1. The van der Waals surface area contributed by atoms with E-state index in [1.165, 1.54) is 5.56 Å². The fourth-order valence-electron chi connectivity index (χ4n) is 1.64. The van der Waals surface area contributed by atoms with Crippen molar-refractivity contribution in [3.05, 3.63) is 29.8 Å². The number of rotatable bonds is 9. The van der Waals surface area contributed by atoms with Crippen LogP contribution in [0.5, 0.6) is 5.75 Å². The maximum absolute atomic E-state index is 9.72. The van der Waals surface area contributed by atoms with Crippen LogP contribution in [0.15, 0.2) is 24.3 Å². The molecule has 2 N–H and O–H groups in total. The molecule has 0 heterocycles. The van der Waals surface area contributed by atoms with Crippen molar-refractivity contribution in [3.8, 4) is 5.75 Å². The van der Waals surface area contributed by atoms with Crippen molar-refractivity contribution in [2.75, 3.05) is 33.4 Å². The van der Waals surface area contributed by atoms with Crippen LogP contribution in [0.3, 0.4) is 0 Å². The van der Waals surface area contributed by atoms with E-state index in [1.54, 1.807) is 7.11 Å². The standard InChI is InChI=1S/C15H25NO3/c1-12(2)13-4-6-15(7-5-13)19-11-14(17)10-16-8-9-18-3/h4-7,12,14,16-17H,8-11H2,1-3H3. The van der Waals surface area contributed by atoms with E-state index in [4.69, 9.17) is 9.47 Å². The summed E-state index contributed by atoms with van der Waals surface area (Å²) in [6.45, 7) is 6.49. The SMILES string of the molecule is COCCNCC(O)COc1ccc(C(C)C)cc1. The van der Waals surface area contributed by atoms with E-state index in [1.807, 2.05) is 12.1 Å². The lowest BCUT2D eigenvalue weighted by Gasteiger charge is -2.13. The molecule has 1 unspecified atom stereocenters. The summed E-state index contributed by atoms with van der Waals surface area (Å²) in [6.07, 6.45) is -0.512. The summed E-state index contributed by atoms with van der Waals surface area (Å²) in [7, 11) is 1.65. The molecule has 4 nitrogen and oxygen atoms in total. The number of nitrogens with one attached hydrogen (secondary N) is 1. The van der Waals surface area contributed by atoms with Gasteiger partial charge in [0.2, 0.25) is 0 Å². The first-order valence-corrected chi connectivity index (χ1v) is 6.74. The molecule has 0 aliphatic heterocycles. The van der Waals surface area contributed by atoms with Gasteiger partial charge in [-0.1, -0.05) is 26.0 Å². The van der Waals surface area contributed by atoms with E-state index >= 15 is 0 Å². The van der Waals surface area contributed by atoms with Crippen molar-refractivity contribution in [3.63, 3.8) is 0 Å². The van der Waals surface area contributed by atoms with Crippen LogP contribution in [0.2, 0.25) is 0 Å². The van der Waals surface area contributed by atoms with Gasteiger partial charge >= 0.3 is 0 Å². The third-order valence-corrected chi connectivity index (χ3v) is 2.85. The summed E-state index contributed by atoms with van der Waals surface area (Å²) in [5.74, 6) is 1.31. The molecule has 0 aromatic heterocycles. The summed E-state index contributed by atoms with van der Waals surface area (Å²) < 4.78 is 10.4. The molecule has 0 amide bonds. The Hall–Kier alpha value is -1.10. The molecule has 0 aliphatic carbocycles. The molecule has 0 aliphatic rings. The first-order valence-electron chi connectivity index (χ1n) is 6.74. The number of aliphatic hydroxyl groups is 1. The first kappa shape index (κ1) is 16.0. The van der Waals surface area contributed by atoms with Crippen LogP contribution >= 0.6 is 0 Å². The Kier molecular flexibility index (Phi) is 7.48. The van der Waals surface area contributed by atoms with E-state index < -0.39 is 6.10 Å². The van der Waals surface area contributed by atoms with Gasteiger partial charge in [-0.15, -0.1) is 0 Å². The molecule has 0 radical (unpaired) electrons. The minimum absolute atomic E-state index is 0.293. The molecule has 1 aromatic rings. The molecule has 0 fully saturated rings. The van der Waals surface area contributed by atoms with Gasteiger partial charge < -0.3 is 19.9 Å². The third kappa shape index (κ3) is 6.57. The van der Waals surface area contributed by atoms with Crippen LogP contribution in [-0.4, -0.2) is 44.6 Å². The predicted molar refractivity (Wildman–Crippen MR) is 76.8 cm³/mol. The Balaban J connectivity index is 2.24. The van der Waals surface area contributed by atoms with Crippen molar-refractivity contribution in [1.82, 2.24) is 5.32 Å². The molecular formula is C15H25NO3. The summed E-state index contributed by atoms with van der Waals surface area (Å²) in [5.41, 5.74) is 1.29. The highest BCUT2D eigenvalue weighted by Crippen LogP contribution is 2.18. The first-order chi connectivity index (χ1) is 9.13. The molecule has 108 valence electrons. The maximum Gasteiger partial charge on any atom is 0.119 e. The zero-order valence-corrected chi connectivity index (χ0v) is 12.1. The lowest BCUT2D eigenvalue weighted by molar-refractivity contribution is 0.103. The van der Waals surface area contributed by atoms with Crippen LogP contribution in [0.4, 0.5) is 0 Å². The van der Waals surface area contributed by atoms with Gasteiger partial charge in [0.05, 0.1) is 6.61 Å². The number of methoxy groups -OCH3 is 1. The number of benzene rings is 1. The Morgan fingerprint density at radius 3 is 2.47 bits per heavy atom. The molecule has 0 saturated heterocycles. The maximum atomic E-state index is 9.72. The van der Waals surface area contributed by atoms with E-state index in [9.17, 15) is 5.11 Å². The van der Waals surface area contributed by atoms with Gasteiger partial charge in [-0.2, -0.15) is 0 Å². The van der Waals surface area contributed by atoms with Gasteiger partial charge in [0.15, 0.2) is 0 Å². The fraction of sp³-hybridized carbons (Fsp3) is 0.600. The van der Waals surface area contributed by atoms with E-state index in [0.717, 1.165) is 12.3 Å². The van der Waals surface area contributed by atoms with Crippen molar-refractivity contribution in [2.45, 2.75) is 25.9 Å². The smallest absolute Gasteiger partial charge is 0.119 e. The average molecular weight is 267 g/mol. The Morgan fingerprint density at radius 1 is 1.21 bits per heavy atom. The number of hydrogen-bond acceptors (Lipinski definition) is 4.